The third-order valence-electron chi connectivity index (χ3n) is 3.72. The number of hydrogen-bond donors (Lipinski definition) is 1. The zero-order chi connectivity index (χ0) is 11.7. The molecular formula is C12H19NO3. The van der Waals surface area contributed by atoms with E-state index in [4.69, 9.17) is 5.11 Å². The highest BCUT2D eigenvalue weighted by molar-refractivity contribution is 5.86. The molecule has 1 N–H and O–H groups in total. The molecule has 2 fully saturated rings. The van der Waals surface area contributed by atoms with Crippen LogP contribution in [0.3, 0.4) is 0 Å². The first-order valence-electron chi connectivity index (χ1n) is 6.14. The van der Waals surface area contributed by atoms with Crippen molar-refractivity contribution in [2.45, 2.75) is 45.1 Å². The van der Waals surface area contributed by atoms with Crippen LogP contribution in [0.25, 0.3) is 0 Å². The number of carboxylic acid groups (broad SMARTS) is 1. The van der Waals surface area contributed by atoms with Gasteiger partial charge in [0.05, 0.1) is 5.92 Å². The molecule has 2 unspecified atom stereocenters. The van der Waals surface area contributed by atoms with Crippen LogP contribution in [0.1, 0.15) is 39.0 Å². The Hall–Kier alpha value is -1.06. The quantitative estimate of drug-likeness (QED) is 0.771. The molecule has 0 bridgehead atoms. The molecule has 1 saturated heterocycles. The van der Waals surface area contributed by atoms with E-state index in [0.29, 0.717) is 6.54 Å². The molecule has 90 valence electrons. The van der Waals surface area contributed by atoms with Gasteiger partial charge in [-0.05, 0) is 18.8 Å². The molecule has 1 aliphatic heterocycles. The lowest BCUT2D eigenvalue weighted by Gasteiger charge is -2.27. The minimum absolute atomic E-state index is 0.0277. The number of carbonyl (C=O) groups is 2. The van der Waals surface area contributed by atoms with Crippen LogP contribution in [0.5, 0.6) is 0 Å². The third kappa shape index (κ3) is 2.36. The molecular weight excluding hydrogens is 206 g/mol. The number of carbonyl (C=O) groups excluding carboxylic acids is 1. The molecule has 1 aliphatic carbocycles. The summed E-state index contributed by atoms with van der Waals surface area (Å²) in [5.74, 6) is -0.514. The van der Waals surface area contributed by atoms with Gasteiger partial charge in [0.15, 0.2) is 0 Å². The van der Waals surface area contributed by atoms with Crippen LogP contribution in [0.4, 0.5) is 0 Å². The Morgan fingerprint density at radius 3 is 2.69 bits per heavy atom. The van der Waals surface area contributed by atoms with Gasteiger partial charge in [0.2, 0.25) is 5.91 Å². The highest BCUT2D eigenvalue weighted by Crippen LogP contribution is 2.36. The van der Waals surface area contributed by atoms with E-state index >= 15 is 0 Å². The first-order chi connectivity index (χ1) is 7.61. The average molecular weight is 225 g/mol. The number of nitrogens with zero attached hydrogens (tertiary/aromatic N) is 1. The monoisotopic (exact) mass is 225 g/mol. The first kappa shape index (κ1) is 11.4. The number of aliphatic carboxylic acids is 1. The first-order valence-corrected chi connectivity index (χ1v) is 6.14. The molecule has 2 rings (SSSR count). The minimum Gasteiger partial charge on any atom is -0.481 e. The zero-order valence-electron chi connectivity index (χ0n) is 9.69. The minimum atomic E-state index is -0.836. The van der Waals surface area contributed by atoms with Gasteiger partial charge in [0.25, 0.3) is 0 Å². The lowest BCUT2D eigenvalue weighted by molar-refractivity contribution is -0.141. The van der Waals surface area contributed by atoms with Gasteiger partial charge in [0.1, 0.15) is 0 Å². The molecule has 0 aromatic carbocycles. The van der Waals surface area contributed by atoms with Crippen molar-refractivity contribution >= 4 is 11.9 Å². The molecule has 1 saturated carbocycles. The lowest BCUT2D eigenvalue weighted by atomic mass is 10.1. The van der Waals surface area contributed by atoms with Crippen LogP contribution in [-0.4, -0.2) is 34.5 Å². The predicted molar refractivity (Wildman–Crippen MR) is 58.9 cm³/mol. The van der Waals surface area contributed by atoms with E-state index in [1.54, 1.807) is 4.90 Å². The van der Waals surface area contributed by atoms with E-state index in [1.165, 1.54) is 12.8 Å². The molecule has 0 radical (unpaired) electrons. The maximum absolute atomic E-state index is 11.8. The molecule has 0 aromatic rings. The molecule has 16 heavy (non-hydrogen) atoms. The fourth-order valence-corrected chi connectivity index (χ4v) is 2.50. The van der Waals surface area contributed by atoms with E-state index < -0.39 is 11.9 Å². The fourth-order valence-electron chi connectivity index (χ4n) is 2.50. The summed E-state index contributed by atoms with van der Waals surface area (Å²) in [5, 5.41) is 8.92. The number of hydrogen-bond acceptors (Lipinski definition) is 2. The van der Waals surface area contributed by atoms with Gasteiger partial charge in [-0.3, -0.25) is 9.59 Å². The van der Waals surface area contributed by atoms with Crippen molar-refractivity contribution in [3.8, 4) is 0 Å². The number of carboxylic acids is 1. The summed E-state index contributed by atoms with van der Waals surface area (Å²) in [6.45, 7) is 2.49. The van der Waals surface area contributed by atoms with E-state index in [1.807, 2.05) is 0 Å². The SMILES string of the molecule is CCC(CC1CC1)N1CC(C(=O)O)CC1=O. The summed E-state index contributed by atoms with van der Waals surface area (Å²) < 4.78 is 0. The smallest absolute Gasteiger partial charge is 0.308 e. The molecule has 2 aliphatic rings. The Morgan fingerprint density at radius 2 is 2.25 bits per heavy atom. The van der Waals surface area contributed by atoms with Gasteiger partial charge < -0.3 is 10.0 Å². The number of rotatable bonds is 5. The normalized spacial score (nSPS) is 27.2. The summed E-state index contributed by atoms with van der Waals surface area (Å²) >= 11 is 0. The highest BCUT2D eigenvalue weighted by Gasteiger charge is 2.38. The lowest BCUT2D eigenvalue weighted by Crippen LogP contribution is -2.37. The van der Waals surface area contributed by atoms with Crippen LogP contribution in [0.2, 0.25) is 0 Å². The largest absolute Gasteiger partial charge is 0.481 e. The highest BCUT2D eigenvalue weighted by atomic mass is 16.4. The molecule has 4 nitrogen and oxygen atoms in total. The topological polar surface area (TPSA) is 57.6 Å². The maximum Gasteiger partial charge on any atom is 0.308 e. The van der Waals surface area contributed by atoms with Crippen molar-refractivity contribution < 1.29 is 14.7 Å². The van der Waals surface area contributed by atoms with Crippen LogP contribution in [0.15, 0.2) is 0 Å². The van der Waals surface area contributed by atoms with Crippen molar-refractivity contribution in [3.63, 3.8) is 0 Å². The van der Waals surface area contributed by atoms with E-state index in [0.717, 1.165) is 18.8 Å². The van der Waals surface area contributed by atoms with Crippen molar-refractivity contribution in [3.05, 3.63) is 0 Å². The third-order valence-corrected chi connectivity index (χ3v) is 3.72. The van der Waals surface area contributed by atoms with Gasteiger partial charge in [-0.2, -0.15) is 0 Å². The fraction of sp³-hybridized carbons (Fsp3) is 0.833. The number of likely N-dealkylation sites (tertiary alicyclic amines) is 1. The van der Waals surface area contributed by atoms with Crippen molar-refractivity contribution in [1.82, 2.24) is 4.90 Å². The van der Waals surface area contributed by atoms with Crippen molar-refractivity contribution in [2.24, 2.45) is 11.8 Å². The standard InChI is InChI=1S/C12H19NO3/c1-2-10(5-8-3-4-8)13-7-9(12(15)16)6-11(13)14/h8-10H,2-7H2,1H3,(H,15,16). The second-order valence-electron chi connectivity index (χ2n) is 5.03. The van der Waals surface area contributed by atoms with Crippen LogP contribution < -0.4 is 0 Å². The van der Waals surface area contributed by atoms with E-state index in [9.17, 15) is 9.59 Å². The van der Waals surface area contributed by atoms with Crippen molar-refractivity contribution in [1.29, 1.82) is 0 Å². The molecule has 0 aromatic heterocycles. The van der Waals surface area contributed by atoms with Gasteiger partial charge >= 0.3 is 5.97 Å². The average Bonchev–Trinajstić information content (AvgIpc) is 2.97. The second-order valence-corrected chi connectivity index (χ2v) is 5.03. The predicted octanol–water partition coefficient (Wildman–Crippen LogP) is 1.50. The summed E-state index contributed by atoms with van der Waals surface area (Å²) in [4.78, 5) is 24.4. The Bertz CT molecular complexity index is 299. The molecule has 1 amide bonds. The molecule has 2 atom stereocenters. The summed E-state index contributed by atoms with van der Waals surface area (Å²) in [5.41, 5.74) is 0. The molecule has 4 heteroatoms. The van der Waals surface area contributed by atoms with Gasteiger partial charge in [-0.25, -0.2) is 0 Å². The van der Waals surface area contributed by atoms with Crippen LogP contribution >= 0.6 is 0 Å². The van der Waals surface area contributed by atoms with Gasteiger partial charge in [-0.1, -0.05) is 19.8 Å². The van der Waals surface area contributed by atoms with Crippen molar-refractivity contribution in [2.75, 3.05) is 6.54 Å². The Balaban J connectivity index is 1.96. The summed E-state index contributed by atoms with van der Waals surface area (Å²) in [6, 6.07) is 0.268. The molecule has 0 spiro atoms. The zero-order valence-corrected chi connectivity index (χ0v) is 9.69. The van der Waals surface area contributed by atoms with E-state index in [-0.39, 0.29) is 18.4 Å². The Kier molecular flexibility index (Phi) is 3.17. The second kappa shape index (κ2) is 4.44. The van der Waals surface area contributed by atoms with Gasteiger partial charge in [0, 0.05) is 19.0 Å². The van der Waals surface area contributed by atoms with E-state index in [2.05, 4.69) is 6.92 Å². The van der Waals surface area contributed by atoms with Crippen LogP contribution in [-0.2, 0) is 9.59 Å². The van der Waals surface area contributed by atoms with Gasteiger partial charge in [-0.15, -0.1) is 0 Å². The van der Waals surface area contributed by atoms with Crippen LogP contribution in [0, 0.1) is 11.8 Å². The summed E-state index contributed by atoms with van der Waals surface area (Å²) in [6.07, 6.45) is 4.75. The molecule has 1 heterocycles. The maximum atomic E-state index is 11.8. The number of amides is 1. The Labute approximate surface area is 95.6 Å². The summed E-state index contributed by atoms with van der Waals surface area (Å²) in [7, 11) is 0. The Morgan fingerprint density at radius 1 is 1.56 bits per heavy atom.